The lowest BCUT2D eigenvalue weighted by atomic mass is 10.00. The predicted octanol–water partition coefficient (Wildman–Crippen LogP) is 5.48. The third-order valence-corrected chi connectivity index (χ3v) is 8.35. The van der Waals surface area contributed by atoms with Crippen molar-refractivity contribution in [3.05, 3.63) is 58.7 Å². The van der Waals surface area contributed by atoms with Crippen LogP contribution in [0.15, 0.2) is 58.1 Å². The number of allylic oxidation sites excluding steroid dienone is 3. The van der Waals surface area contributed by atoms with Gasteiger partial charge in [-0.05, 0) is 56.9 Å². The van der Waals surface area contributed by atoms with Gasteiger partial charge in [-0.1, -0.05) is 39.3 Å². The third kappa shape index (κ3) is 8.04. The Labute approximate surface area is 229 Å². The standard InChI is InChI=1S/C29H44N4O4S/c1-8-13-23(10-3)21-32-16-18-33(19-17-32)29(34)25-15-14-24(20-26(25)37-7)31-38(35,36)27(11-4)28(30-12-5)22(6)9-2/h9,11-12,14-15,20,23,31H,4,8,10,13,16-19,21H2,1-3,5-7H3/b22-9-,28-27-,30-12?. The fourth-order valence-electron chi connectivity index (χ4n) is 4.60. The quantitative estimate of drug-likeness (QED) is 0.262. The number of nitrogens with one attached hydrogen (secondary N) is 1. The van der Waals surface area contributed by atoms with E-state index in [0.29, 0.717) is 41.6 Å². The molecule has 1 aliphatic heterocycles. The molecular weight excluding hydrogens is 500 g/mol. The van der Waals surface area contributed by atoms with E-state index < -0.39 is 10.0 Å². The number of anilines is 1. The highest BCUT2D eigenvalue weighted by Gasteiger charge is 2.26. The summed E-state index contributed by atoms with van der Waals surface area (Å²) in [5.41, 5.74) is 1.71. The minimum atomic E-state index is -4.00. The molecule has 1 saturated heterocycles. The first-order chi connectivity index (χ1) is 18.1. The summed E-state index contributed by atoms with van der Waals surface area (Å²) in [6.07, 6.45) is 8.20. The van der Waals surface area contributed by atoms with Gasteiger partial charge in [0.15, 0.2) is 0 Å². The first-order valence-corrected chi connectivity index (χ1v) is 14.8. The molecule has 0 aromatic heterocycles. The lowest BCUT2D eigenvalue weighted by Crippen LogP contribution is -2.49. The molecular formula is C29H44N4O4S. The van der Waals surface area contributed by atoms with Crippen LogP contribution in [0.1, 0.15) is 64.2 Å². The van der Waals surface area contributed by atoms with E-state index >= 15 is 0 Å². The summed E-state index contributed by atoms with van der Waals surface area (Å²) in [6, 6.07) is 4.72. The van der Waals surface area contributed by atoms with Crippen LogP contribution in [-0.2, 0) is 10.0 Å². The summed E-state index contributed by atoms with van der Waals surface area (Å²) >= 11 is 0. The largest absolute Gasteiger partial charge is 0.496 e. The molecule has 1 aromatic carbocycles. The second-order valence-electron chi connectivity index (χ2n) is 9.45. The number of aliphatic imine (C=N–C) groups is 1. The number of ether oxygens (including phenoxy) is 1. The number of nitrogens with zero attached hydrogens (tertiary/aromatic N) is 3. The Balaban J connectivity index is 2.21. The minimum Gasteiger partial charge on any atom is -0.496 e. The molecule has 0 saturated carbocycles. The van der Waals surface area contributed by atoms with Crippen LogP contribution < -0.4 is 9.46 Å². The van der Waals surface area contributed by atoms with Gasteiger partial charge in [-0.15, -0.1) is 0 Å². The van der Waals surface area contributed by atoms with Gasteiger partial charge in [0.2, 0.25) is 0 Å². The van der Waals surface area contributed by atoms with Gasteiger partial charge in [0.05, 0.1) is 24.1 Å². The number of rotatable bonds is 13. The number of amides is 1. The summed E-state index contributed by atoms with van der Waals surface area (Å²) in [4.78, 5) is 21.8. The Morgan fingerprint density at radius 2 is 1.89 bits per heavy atom. The Hall–Kier alpha value is -2.91. The second kappa shape index (κ2) is 14.9. The summed E-state index contributed by atoms with van der Waals surface area (Å²) in [7, 11) is -2.53. The molecule has 0 radical (unpaired) electrons. The average molecular weight is 545 g/mol. The van der Waals surface area contributed by atoms with Gasteiger partial charge in [0.25, 0.3) is 15.9 Å². The number of methoxy groups -OCH3 is 1. The van der Waals surface area contributed by atoms with Crippen LogP contribution in [0.4, 0.5) is 5.69 Å². The van der Waals surface area contributed by atoms with E-state index in [0.717, 1.165) is 19.6 Å². The van der Waals surface area contributed by atoms with Crippen molar-refractivity contribution in [3.63, 3.8) is 0 Å². The van der Waals surface area contributed by atoms with E-state index in [-0.39, 0.29) is 16.5 Å². The van der Waals surface area contributed by atoms with Crippen LogP contribution in [0.25, 0.3) is 0 Å². The summed E-state index contributed by atoms with van der Waals surface area (Å²) < 4.78 is 34.6. The molecule has 1 unspecified atom stereocenters. The SMILES string of the molecule is C=C/C(=C(N=CC)\C(C)=C/C)S(=O)(=O)Nc1ccc(C(=O)N2CCN(CC(CC)CCC)CC2)c(OC)c1. The summed E-state index contributed by atoms with van der Waals surface area (Å²) in [5, 5.41) is 0. The molecule has 0 spiro atoms. The first kappa shape index (κ1) is 31.3. The van der Waals surface area contributed by atoms with Crippen molar-refractivity contribution in [3.8, 4) is 5.75 Å². The second-order valence-corrected chi connectivity index (χ2v) is 11.1. The first-order valence-electron chi connectivity index (χ1n) is 13.4. The van der Waals surface area contributed by atoms with Crippen molar-refractivity contribution in [1.82, 2.24) is 9.80 Å². The average Bonchev–Trinajstić information content (AvgIpc) is 2.91. The number of carbonyl (C=O) groups is 1. The zero-order chi connectivity index (χ0) is 28.3. The molecule has 1 aromatic rings. The number of benzene rings is 1. The molecule has 0 aliphatic carbocycles. The highest BCUT2D eigenvalue weighted by molar-refractivity contribution is 7.96. The van der Waals surface area contributed by atoms with Crippen LogP contribution >= 0.6 is 0 Å². The topological polar surface area (TPSA) is 91.3 Å². The fourth-order valence-corrected chi connectivity index (χ4v) is 5.84. The van der Waals surface area contributed by atoms with Crippen LogP contribution in [0.5, 0.6) is 5.75 Å². The van der Waals surface area contributed by atoms with Gasteiger partial charge in [-0.3, -0.25) is 19.4 Å². The Morgan fingerprint density at radius 3 is 2.42 bits per heavy atom. The van der Waals surface area contributed by atoms with Gasteiger partial charge in [0.1, 0.15) is 10.7 Å². The number of sulfonamides is 1. The van der Waals surface area contributed by atoms with Gasteiger partial charge < -0.3 is 9.64 Å². The van der Waals surface area contributed by atoms with Crippen LogP contribution in [0, 0.1) is 5.92 Å². The molecule has 1 aliphatic rings. The molecule has 1 amide bonds. The molecule has 38 heavy (non-hydrogen) atoms. The molecule has 9 heteroatoms. The van der Waals surface area contributed by atoms with E-state index in [1.807, 2.05) is 11.8 Å². The fraction of sp³-hybridized carbons (Fsp3) is 0.517. The number of hydrogen-bond acceptors (Lipinski definition) is 6. The van der Waals surface area contributed by atoms with Crippen LogP contribution in [0.3, 0.4) is 0 Å². The molecule has 1 heterocycles. The van der Waals surface area contributed by atoms with Crippen molar-refractivity contribution in [2.45, 2.75) is 53.9 Å². The highest BCUT2D eigenvalue weighted by Crippen LogP contribution is 2.28. The summed E-state index contributed by atoms with van der Waals surface area (Å²) in [6.45, 7) is 17.5. The molecule has 2 rings (SSSR count). The maximum atomic E-state index is 13.3. The third-order valence-electron chi connectivity index (χ3n) is 6.91. The molecule has 8 nitrogen and oxygen atoms in total. The Morgan fingerprint density at radius 1 is 1.21 bits per heavy atom. The minimum absolute atomic E-state index is 0.0348. The predicted molar refractivity (Wildman–Crippen MR) is 157 cm³/mol. The van der Waals surface area contributed by atoms with E-state index in [4.69, 9.17) is 4.74 Å². The van der Waals surface area contributed by atoms with Crippen LogP contribution in [-0.4, -0.2) is 70.2 Å². The Bertz CT molecular complexity index is 1160. The highest BCUT2D eigenvalue weighted by atomic mass is 32.2. The zero-order valence-corrected chi connectivity index (χ0v) is 24.6. The molecule has 1 fully saturated rings. The molecule has 210 valence electrons. The number of hydrogen-bond donors (Lipinski definition) is 1. The van der Waals surface area contributed by atoms with E-state index in [1.165, 1.54) is 44.7 Å². The zero-order valence-electron chi connectivity index (χ0n) is 23.8. The summed E-state index contributed by atoms with van der Waals surface area (Å²) in [5.74, 6) is 0.889. The Kier molecular flexibility index (Phi) is 12.3. The van der Waals surface area contributed by atoms with Gasteiger partial charge in [-0.2, -0.15) is 0 Å². The molecule has 1 N–H and O–H groups in total. The van der Waals surface area contributed by atoms with Crippen LogP contribution in [0.2, 0.25) is 0 Å². The number of carbonyl (C=O) groups excluding carboxylic acids is 1. The maximum Gasteiger partial charge on any atom is 0.264 e. The monoisotopic (exact) mass is 544 g/mol. The van der Waals surface area contributed by atoms with Crippen molar-refractivity contribution in [2.24, 2.45) is 10.9 Å². The lowest BCUT2D eigenvalue weighted by Gasteiger charge is -2.36. The van der Waals surface area contributed by atoms with E-state index in [2.05, 4.69) is 35.0 Å². The lowest BCUT2D eigenvalue weighted by molar-refractivity contribution is 0.0610. The normalized spacial score (nSPS) is 16.8. The van der Waals surface area contributed by atoms with Gasteiger partial charge in [0, 0.05) is 45.0 Å². The van der Waals surface area contributed by atoms with Crippen molar-refractivity contribution < 1.29 is 17.9 Å². The van der Waals surface area contributed by atoms with Gasteiger partial charge in [-0.25, -0.2) is 8.42 Å². The number of piperazine rings is 1. The van der Waals surface area contributed by atoms with E-state index in [9.17, 15) is 13.2 Å². The van der Waals surface area contributed by atoms with Crippen molar-refractivity contribution in [1.29, 1.82) is 0 Å². The maximum absolute atomic E-state index is 13.3. The smallest absolute Gasteiger partial charge is 0.264 e. The molecule has 0 bridgehead atoms. The van der Waals surface area contributed by atoms with Crippen molar-refractivity contribution >= 4 is 27.8 Å². The van der Waals surface area contributed by atoms with Crippen molar-refractivity contribution in [2.75, 3.05) is 44.6 Å². The van der Waals surface area contributed by atoms with Gasteiger partial charge >= 0.3 is 0 Å². The molecule has 1 atom stereocenters. The van der Waals surface area contributed by atoms with E-state index in [1.54, 1.807) is 32.1 Å².